The molecular weight excluding hydrogens is 186 g/mol. The number of imide groups is 1. The van der Waals surface area contributed by atoms with E-state index in [1.165, 1.54) is 4.90 Å². The maximum Gasteiger partial charge on any atom is 0.324 e. The highest BCUT2D eigenvalue weighted by Gasteiger charge is 2.38. The molecule has 0 aromatic carbocycles. The molecule has 1 rings (SSSR count). The summed E-state index contributed by atoms with van der Waals surface area (Å²) in [6.45, 7) is 1.54. The average Bonchev–Trinajstić information content (AvgIpc) is 2.12. The van der Waals surface area contributed by atoms with E-state index in [2.05, 4.69) is 5.32 Å². The van der Waals surface area contributed by atoms with Gasteiger partial charge in [0.1, 0.15) is 5.92 Å². The molecule has 0 aromatic rings. The second-order valence-corrected chi connectivity index (χ2v) is 3.06. The van der Waals surface area contributed by atoms with E-state index in [1.807, 2.05) is 6.07 Å². The third-order valence-electron chi connectivity index (χ3n) is 2.23. The van der Waals surface area contributed by atoms with Gasteiger partial charge in [-0.05, 0) is 6.92 Å². The summed E-state index contributed by atoms with van der Waals surface area (Å²) in [5.74, 6) is -1.43. The van der Waals surface area contributed by atoms with Crippen molar-refractivity contribution in [3.8, 4) is 6.07 Å². The number of urea groups is 1. The van der Waals surface area contributed by atoms with E-state index in [4.69, 9.17) is 10.4 Å². The molecule has 1 fully saturated rings. The first-order valence-electron chi connectivity index (χ1n) is 4.23. The van der Waals surface area contributed by atoms with Crippen molar-refractivity contribution in [2.45, 2.75) is 13.0 Å². The molecule has 1 aliphatic heterocycles. The SMILES string of the molecule is CC1C(C#N)C(=O)NC(=O)N1CCO. The molecule has 76 valence electrons. The normalized spacial score (nSPS) is 27.1. The van der Waals surface area contributed by atoms with Gasteiger partial charge in [-0.3, -0.25) is 10.1 Å². The first-order chi connectivity index (χ1) is 6.61. The van der Waals surface area contributed by atoms with Crippen molar-refractivity contribution >= 4 is 11.9 Å². The molecule has 6 nitrogen and oxygen atoms in total. The lowest BCUT2D eigenvalue weighted by molar-refractivity contribution is -0.125. The van der Waals surface area contributed by atoms with E-state index in [0.29, 0.717) is 0 Å². The van der Waals surface area contributed by atoms with E-state index < -0.39 is 23.9 Å². The van der Waals surface area contributed by atoms with Crippen molar-refractivity contribution in [3.05, 3.63) is 0 Å². The summed E-state index contributed by atoms with van der Waals surface area (Å²) in [5.41, 5.74) is 0. The van der Waals surface area contributed by atoms with Crippen LogP contribution in [0.4, 0.5) is 4.79 Å². The number of nitrogens with one attached hydrogen (secondary N) is 1. The summed E-state index contributed by atoms with van der Waals surface area (Å²) in [4.78, 5) is 23.7. The number of nitriles is 1. The van der Waals surface area contributed by atoms with Gasteiger partial charge < -0.3 is 10.0 Å². The van der Waals surface area contributed by atoms with Gasteiger partial charge in [-0.15, -0.1) is 0 Å². The Bertz CT molecular complexity index is 297. The number of hydrogen-bond donors (Lipinski definition) is 2. The Hall–Kier alpha value is -1.61. The second kappa shape index (κ2) is 4.07. The van der Waals surface area contributed by atoms with E-state index >= 15 is 0 Å². The van der Waals surface area contributed by atoms with Gasteiger partial charge >= 0.3 is 6.03 Å². The molecule has 1 aliphatic rings. The third kappa shape index (κ3) is 1.67. The van der Waals surface area contributed by atoms with Gasteiger partial charge in [0.15, 0.2) is 0 Å². The van der Waals surface area contributed by atoms with E-state index in [0.717, 1.165) is 0 Å². The molecule has 2 unspecified atom stereocenters. The zero-order valence-electron chi connectivity index (χ0n) is 7.73. The van der Waals surface area contributed by atoms with Crippen LogP contribution in [-0.2, 0) is 4.79 Å². The molecule has 0 saturated carbocycles. The van der Waals surface area contributed by atoms with E-state index in [9.17, 15) is 9.59 Å². The van der Waals surface area contributed by atoms with Crippen LogP contribution in [0.5, 0.6) is 0 Å². The van der Waals surface area contributed by atoms with Crippen LogP contribution in [-0.4, -0.2) is 41.1 Å². The van der Waals surface area contributed by atoms with Crippen molar-refractivity contribution in [1.82, 2.24) is 10.2 Å². The van der Waals surface area contributed by atoms with Crippen molar-refractivity contribution in [2.75, 3.05) is 13.2 Å². The Balaban J connectivity index is 2.83. The van der Waals surface area contributed by atoms with E-state index in [1.54, 1.807) is 6.92 Å². The molecule has 2 N–H and O–H groups in total. The van der Waals surface area contributed by atoms with Gasteiger partial charge in [0.25, 0.3) is 0 Å². The number of rotatable bonds is 2. The Kier molecular flexibility index (Phi) is 3.04. The van der Waals surface area contributed by atoms with Crippen LogP contribution in [0.2, 0.25) is 0 Å². The zero-order valence-corrected chi connectivity index (χ0v) is 7.73. The number of carbonyl (C=O) groups is 2. The second-order valence-electron chi connectivity index (χ2n) is 3.06. The van der Waals surface area contributed by atoms with Crippen molar-refractivity contribution in [1.29, 1.82) is 5.26 Å². The van der Waals surface area contributed by atoms with Gasteiger partial charge in [0.2, 0.25) is 5.91 Å². The number of carbonyl (C=O) groups excluding carboxylic acids is 2. The Morgan fingerprint density at radius 1 is 1.64 bits per heavy atom. The predicted molar refractivity (Wildman–Crippen MR) is 45.9 cm³/mol. The highest BCUT2D eigenvalue weighted by molar-refractivity contribution is 5.99. The van der Waals surface area contributed by atoms with Crippen LogP contribution in [0.25, 0.3) is 0 Å². The largest absolute Gasteiger partial charge is 0.395 e. The minimum absolute atomic E-state index is 0.123. The lowest BCUT2D eigenvalue weighted by Gasteiger charge is -2.34. The summed E-state index contributed by atoms with van der Waals surface area (Å²) in [5, 5.41) is 19.4. The molecule has 3 amide bonds. The summed E-state index contributed by atoms with van der Waals surface area (Å²) in [6.07, 6.45) is 0. The van der Waals surface area contributed by atoms with Gasteiger partial charge in [0, 0.05) is 6.54 Å². The standard InChI is InChI=1S/C8H11N3O3/c1-5-6(4-9)7(13)10-8(14)11(5)2-3-12/h5-6,12H,2-3H2,1H3,(H,10,13,14). The van der Waals surface area contributed by atoms with E-state index in [-0.39, 0.29) is 13.2 Å². The number of nitrogens with zero attached hydrogens (tertiary/aromatic N) is 2. The quantitative estimate of drug-likeness (QED) is 0.597. The minimum Gasteiger partial charge on any atom is -0.395 e. The Labute approximate surface area is 81.1 Å². The zero-order chi connectivity index (χ0) is 10.7. The van der Waals surface area contributed by atoms with Crippen LogP contribution in [0.3, 0.4) is 0 Å². The molecule has 0 radical (unpaired) electrons. The summed E-state index contributed by atoms with van der Waals surface area (Å²) < 4.78 is 0. The molecule has 2 atom stereocenters. The van der Waals surface area contributed by atoms with Crippen molar-refractivity contribution < 1.29 is 14.7 Å². The predicted octanol–water partition coefficient (Wildman–Crippen LogP) is -0.941. The van der Waals surface area contributed by atoms with Crippen LogP contribution in [0.15, 0.2) is 0 Å². The smallest absolute Gasteiger partial charge is 0.324 e. The fourth-order valence-electron chi connectivity index (χ4n) is 1.42. The highest BCUT2D eigenvalue weighted by Crippen LogP contribution is 2.15. The molecule has 0 spiro atoms. The first-order valence-corrected chi connectivity index (χ1v) is 4.23. The van der Waals surface area contributed by atoms with Gasteiger partial charge in [-0.1, -0.05) is 0 Å². The lowest BCUT2D eigenvalue weighted by Crippen LogP contribution is -2.59. The number of amides is 3. The molecule has 0 aromatic heterocycles. The summed E-state index contributed by atoms with van der Waals surface area (Å²) in [7, 11) is 0. The highest BCUT2D eigenvalue weighted by atomic mass is 16.3. The van der Waals surface area contributed by atoms with Crippen molar-refractivity contribution in [2.24, 2.45) is 5.92 Å². The maximum absolute atomic E-state index is 11.2. The number of aliphatic hydroxyl groups is 1. The molecule has 6 heteroatoms. The Morgan fingerprint density at radius 2 is 2.29 bits per heavy atom. The summed E-state index contributed by atoms with van der Waals surface area (Å²) >= 11 is 0. The molecule has 1 heterocycles. The van der Waals surface area contributed by atoms with Crippen LogP contribution in [0.1, 0.15) is 6.92 Å². The molecule has 0 bridgehead atoms. The first kappa shape index (κ1) is 10.5. The van der Waals surface area contributed by atoms with Gasteiger partial charge in [-0.2, -0.15) is 5.26 Å². The summed E-state index contributed by atoms with van der Waals surface area (Å²) in [6, 6.07) is 0.780. The molecule has 14 heavy (non-hydrogen) atoms. The van der Waals surface area contributed by atoms with Crippen LogP contribution >= 0.6 is 0 Å². The molecular formula is C8H11N3O3. The fraction of sp³-hybridized carbons (Fsp3) is 0.625. The topological polar surface area (TPSA) is 93.4 Å². The Morgan fingerprint density at radius 3 is 2.79 bits per heavy atom. The monoisotopic (exact) mass is 197 g/mol. The number of β-amino-alcohol motifs (C(OH)–C–C–N with tert-alkyl or cyclic N) is 1. The van der Waals surface area contributed by atoms with Crippen molar-refractivity contribution in [3.63, 3.8) is 0 Å². The van der Waals surface area contributed by atoms with Crippen LogP contribution in [0, 0.1) is 17.2 Å². The fourth-order valence-corrected chi connectivity index (χ4v) is 1.42. The minimum atomic E-state index is -0.862. The average molecular weight is 197 g/mol. The molecule has 0 aliphatic carbocycles. The number of aliphatic hydroxyl groups excluding tert-OH is 1. The van der Waals surface area contributed by atoms with Crippen LogP contribution < -0.4 is 5.32 Å². The number of hydrogen-bond acceptors (Lipinski definition) is 4. The third-order valence-corrected chi connectivity index (χ3v) is 2.23. The van der Waals surface area contributed by atoms with Gasteiger partial charge in [-0.25, -0.2) is 4.79 Å². The molecule has 1 saturated heterocycles. The van der Waals surface area contributed by atoms with Gasteiger partial charge in [0.05, 0.1) is 18.7 Å². The maximum atomic E-state index is 11.2. The lowest BCUT2D eigenvalue weighted by atomic mass is 9.98.